The lowest BCUT2D eigenvalue weighted by Gasteiger charge is -2.14. The first-order chi connectivity index (χ1) is 7.70. The van der Waals surface area contributed by atoms with E-state index in [1.165, 1.54) is 0 Å². The largest absolute Gasteiger partial charge is 0.384 e. The predicted molar refractivity (Wildman–Crippen MR) is 66.9 cm³/mol. The van der Waals surface area contributed by atoms with Crippen molar-refractivity contribution in [3.8, 4) is 0 Å². The molecule has 3 heteroatoms. The molecule has 4 N–H and O–H groups in total. The summed E-state index contributed by atoms with van der Waals surface area (Å²) >= 11 is 0. The van der Waals surface area contributed by atoms with Crippen LogP contribution in [0.2, 0.25) is 0 Å². The molecule has 0 amide bonds. The van der Waals surface area contributed by atoms with E-state index in [2.05, 4.69) is 11.9 Å². The van der Waals surface area contributed by atoms with E-state index >= 15 is 0 Å². The highest BCUT2D eigenvalue weighted by Gasteiger charge is 2.10. The molecule has 1 heterocycles. The number of rotatable bonds is 1. The van der Waals surface area contributed by atoms with Crippen LogP contribution in [-0.4, -0.2) is 5.84 Å². The molecule has 0 aromatic heterocycles. The molecule has 0 spiro atoms. The van der Waals surface area contributed by atoms with Gasteiger partial charge < -0.3 is 11.1 Å². The third kappa shape index (κ3) is 1.75. The highest BCUT2D eigenvalue weighted by molar-refractivity contribution is 6.06. The summed E-state index contributed by atoms with van der Waals surface area (Å²) in [6.45, 7) is 3.97. The van der Waals surface area contributed by atoms with E-state index in [0.29, 0.717) is 5.57 Å². The summed E-state index contributed by atoms with van der Waals surface area (Å²) in [7, 11) is 0. The summed E-state index contributed by atoms with van der Waals surface area (Å²) < 4.78 is 0. The van der Waals surface area contributed by atoms with Crippen LogP contribution in [0.3, 0.4) is 0 Å². The van der Waals surface area contributed by atoms with Gasteiger partial charge in [-0.15, -0.1) is 0 Å². The summed E-state index contributed by atoms with van der Waals surface area (Å²) in [5.74, 6) is 0.0510. The summed E-state index contributed by atoms with van der Waals surface area (Å²) in [5.41, 5.74) is 7.07. The minimum atomic E-state index is 0.0510. The molecule has 80 valence electrons. The predicted octanol–water partition coefficient (Wildman–Crippen LogP) is 0.184. The van der Waals surface area contributed by atoms with Crippen LogP contribution >= 0.6 is 0 Å². The summed E-state index contributed by atoms with van der Waals surface area (Å²) in [5, 5.41) is 12.5. The van der Waals surface area contributed by atoms with Crippen LogP contribution in [-0.2, 0) is 0 Å². The van der Waals surface area contributed by atoms with E-state index in [9.17, 15) is 0 Å². The second-order valence-electron chi connectivity index (χ2n) is 3.53. The van der Waals surface area contributed by atoms with Crippen molar-refractivity contribution in [1.82, 2.24) is 5.32 Å². The molecule has 0 aliphatic carbocycles. The lowest BCUT2D eigenvalue weighted by atomic mass is 10.1. The molecular formula is C13H13N3. The molecule has 16 heavy (non-hydrogen) atoms. The summed E-state index contributed by atoms with van der Waals surface area (Å²) in [6.07, 6.45) is 5.46. The Balaban J connectivity index is 2.74. The Hall–Kier alpha value is -2.29. The number of nitrogens with one attached hydrogen (secondary N) is 2. The Morgan fingerprint density at radius 1 is 1.31 bits per heavy atom. The van der Waals surface area contributed by atoms with Crippen LogP contribution in [0.15, 0.2) is 48.2 Å². The lowest BCUT2D eigenvalue weighted by Crippen LogP contribution is -2.33. The third-order valence-electron chi connectivity index (χ3n) is 2.43. The Morgan fingerprint density at radius 2 is 2.06 bits per heavy atom. The molecule has 0 radical (unpaired) electrons. The maximum atomic E-state index is 7.53. The van der Waals surface area contributed by atoms with Crippen LogP contribution in [0.1, 0.15) is 0 Å². The van der Waals surface area contributed by atoms with Gasteiger partial charge in [0.2, 0.25) is 0 Å². The molecule has 1 aromatic rings. The molecule has 1 aliphatic rings. The van der Waals surface area contributed by atoms with Crippen molar-refractivity contribution in [3.63, 3.8) is 0 Å². The molecule has 1 aliphatic heterocycles. The van der Waals surface area contributed by atoms with Gasteiger partial charge in [0.15, 0.2) is 0 Å². The first kappa shape index (κ1) is 10.2. The maximum Gasteiger partial charge on any atom is 0.124 e. The fourth-order valence-corrected chi connectivity index (χ4v) is 1.65. The molecule has 0 atom stereocenters. The smallest absolute Gasteiger partial charge is 0.124 e. The normalized spacial score (nSPS) is 17.6. The van der Waals surface area contributed by atoms with Crippen LogP contribution in [0, 0.1) is 5.41 Å². The van der Waals surface area contributed by atoms with Crippen LogP contribution in [0.25, 0.3) is 12.3 Å². The molecule has 0 unspecified atom stereocenters. The lowest BCUT2D eigenvalue weighted by molar-refractivity contribution is 1.17. The van der Waals surface area contributed by atoms with Crippen LogP contribution < -0.4 is 21.5 Å². The van der Waals surface area contributed by atoms with E-state index in [-0.39, 0.29) is 5.84 Å². The van der Waals surface area contributed by atoms with Gasteiger partial charge >= 0.3 is 0 Å². The standard InChI is InChI=1S/C13H13N3/c1-9-5-2-3-6-10(9)12-11(13(14)15)7-4-8-16-12/h2-8,16H,1H2,(H3,14,15)/b12-10+. The van der Waals surface area contributed by atoms with E-state index in [0.717, 1.165) is 16.1 Å². The Morgan fingerprint density at radius 3 is 2.75 bits per heavy atom. The number of hydrogen-bond donors (Lipinski definition) is 3. The zero-order valence-electron chi connectivity index (χ0n) is 8.83. The minimum absolute atomic E-state index is 0.0510. The van der Waals surface area contributed by atoms with Crippen molar-refractivity contribution in [3.05, 3.63) is 58.6 Å². The number of allylic oxidation sites excluding steroid dienone is 2. The van der Waals surface area contributed by atoms with E-state index in [1.807, 2.05) is 42.6 Å². The molecule has 0 saturated heterocycles. The molecule has 2 rings (SSSR count). The zero-order valence-corrected chi connectivity index (χ0v) is 8.83. The number of amidine groups is 1. The molecule has 0 bridgehead atoms. The first-order valence-corrected chi connectivity index (χ1v) is 4.96. The Bertz CT molecular complexity index is 594. The van der Waals surface area contributed by atoms with Crippen LogP contribution in [0.4, 0.5) is 0 Å². The quantitative estimate of drug-likeness (QED) is 0.458. The summed E-state index contributed by atoms with van der Waals surface area (Å²) in [6, 6.07) is 7.76. The van der Waals surface area contributed by atoms with Gasteiger partial charge in [0.1, 0.15) is 5.84 Å². The van der Waals surface area contributed by atoms with Gasteiger partial charge in [0.25, 0.3) is 0 Å². The molecule has 3 nitrogen and oxygen atoms in total. The Labute approximate surface area is 93.8 Å². The molecule has 0 fully saturated rings. The second kappa shape index (κ2) is 4.06. The van der Waals surface area contributed by atoms with Gasteiger partial charge in [-0.2, -0.15) is 0 Å². The topological polar surface area (TPSA) is 61.9 Å². The van der Waals surface area contributed by atoms with Crippen molar-refractivity contribution in [1.29, 1.82) is 5.41 Å². The number of dihydropyridines is 1. The maximum absolute atomic E-state index is 7.53. The van der Waals surface area contributed by atoms with Crippen molar-refractivity contribution in [2.45, 2.75) is 0 Å². The van der Waals surface area contributed by atoms with Crippen molar-refractivity contribution in [2.75, 3.05) is 0 Å². The first-order valence-electron chi connectivity index (χ1n) is 4.96. The summed E-state index contributed by atoms with van der Waals surface area (Å²) in [4.78, 5) is 0. The zero-order chi connectivity index (χ0) is 11.5. The van der Waals surface area contributed by atoms with Crippen molar-refractivity contribution >= 4 is 18.1 Å². The van der Waals surface area contributed by atoms with Crippen molar-refractivity contribution < 1.29 is 0 Å². The average Bonchev–Trinajstić information content (AvgIpc) is 2.29. The van der Waals surface area contributed by atoms with E-state index in [1.54, 1.807) is 0 Å². The fourth-order valence-electron chi connectivity index (χ4n) is 1.65. The Kier molecular flexibility index (Phi) is 2.60. The number of benzene rings is 1. The fraction of sp³-hybridized carbons (Fsp3) is 0. The minimum Gasteiger partial charge on any atom is -0.384 e. The molecular weight excluding hydrogens is 198 g/mol. The molecule has 0 saturated carbocycles. The van der Waals surface area contributed by atoms with E-state index in [4.69, 9.17) is 11.1 Å². The second-order valence-corrected chi connectivity index (χ2v) is 3.53. The van der Waals surface area contributed by atoms with Gasteiger partial charge in [0.05, 0.1) is 5.70 Å². The number of nitrogens with two attached hydrogens (primary N) is 1. The van der Waals surface area contributed by atoms with Crippen molar-refractivity contribution in [2.24, 2.45) is 5.73 Å². The van der Waals surface area contributed by atoms with Gasteiger partial charge in [-0.25, -0.2) is 0 Å². The van der Waals surface area contributed by atoms with Gasteiger partial charge in [-0.3, -0.25) is 5.41 Å². The molecule has 1 aromatic carbocycles. The third-order valence-corrected chi connectivity index (χ3v) is 2.43. The SMILES string of the molecule is C=c1cccc/c1=C1\NC=CC=C1C(=N)N. The van der Waals surface area contributed by atoms with Crippen LogP contribution in [0.5, 0.6) is 0 Å². The highest BCUT2D eigenvalue weighted by Crippen LogP contribution is 2.09. The average molecular weight is 211 g/mol. The monoisotopic (exact) mass is 211 g/mol. The van der Waals surface area contributed by atoms with Gasteiger partial charge in [-0.05, 0) is 17.4 Å². The van der Waals surface area contributed by atoms with E-state index < -0.39 is 0 Å². The highest BCUT2D eigenvalue weighted by atomic mass is 14.9. The van der Waals surface area contributed by atoms with Gasteiger partial charge in [0, 0.05) is 17.0 Å². The van der Waals surface area contributed by atoms with Gasteiger partial charge in [-0.1, -0.05) is 30.8 Å². The number of hydrogen-bond acceptors (Lipinski definition) is 2.